The minimum atomic E-state index is 0.208. The molecule has 20 heavy (non-hydrogen) atoms. The number of rotatable bonds is 5. The number of pyridine rings is 1. The summed E-state index contributed by atoms with van der Waals surface area (Å²) in [7, 11) is 1.80. The van der Waals surface area contributed by atoms with E-state index in [1.807, 2.05) is 12.3 Å². The highest BCUT2D eigenvalue weighted by Gasteiger charge is 2.27. The van der Waals surface area contributed by atoms with E-state index < -0.39 is 0 Å². The van der Waals surface area contributed by atoms with Gasteiger partial charge in [-0.3, -0.25) is 0 Å². The summed E-state index contributed by atoms with van der Waals surface area (Å²) in [5.41, 5.74) is 7.36. The molecule has 1 aromatic heterocycles. The first-order chi connectivity index (χ1) is 9.65. The predicted molar refractivity (Wildman–Crippen MR) is 83.0 cm³/mol. The molecule has 1 saturated heterocycles. The zero-order chi connectivity index (χ0) is 14.5. The van der Waals surface area contributed by atoms with Gasteiger partial charge in [0.1, 0.15) is 5.82 Å². The van der Waals surface area contributed by atoms with Gasteiger partial charge in [0.2, 0.25) is 0 Å². The van der Waals surface area contributed by atoms with Crippen LogP contribution in [-0.2, 0) is 11.2 Å². The van der Waals surface area contributed by atoms with Crippen LogP contribution in [0.1, 0.15) is 32.3 Å². The average Bonchev–Trinajstić information content (AvgIpc) is 2.48. The highest BCUT2D eigenvalue weighted by atomic mass is 16.5. The SMILES string of the molecule is CCC(N)Cc1cccnc1N1CCC(C)C(OC)C1. The first kappa shape index (κ1) is 15.3. The molecule has 1 fully saturated rings. The Hall–Kier alpha value is -1.13. The number of piperidine rings is 1. The van der Waals surface area contributed by atoms with Crippen molar-refractivity contribution in [3.05, 3.63) is 23.9 Å². The Labute approximate surface area is 122 Å². The lowest BCUT2D eigenvalue weighted by molar-refractivity contribution is 0.0496. The summed E-state index contributed by atoms with van der Waals surface area (Å²) in [6.07, 6.45) is 5.19. The van der Waals surface area contributed by atoms with Gasteiger partial charge in [-0.1, -0.05) is 19.9 Å². The second-order valence-electron chi connectivity index (χ2n) is 5.84. The van der Waals surface area contributed by atoms with E-state index in [0.29, 0.717) is 12.0 Å². The molecule has 3 atom stereocenters. The maximum absolute atomic E-state index is 6.11. The molecule has 1 aromatic rings. The molecule has 2 heterocycles. The van der Waals surface area contributed by atoms with Crippen molar-refractivity contribution >= 4 is 5.82 Å². The lowest BCUT2D eigenvalue weighted by atomic mass is 9.95. The van der Waals surface area contributed by atoms with Gasteiger partial charge in [-0.15, -0.1) is 0 Å². The molecule has 3 unspecified atom stereocenters. The minimum absolute atomic E-state index is 0.208. The van der Waals surface area contributed by atoms with Crippen molar-refractivity contribution in [2.75, 3.05) is 25.1 Å². The number of nitrogens with two attached hydrogens (primary N) is 1. The lowest BCUT2D eigenvalue weighted by Crippen LogP contribution is -2.44. The van der Waals surface area contributed by atoms with E-state index in [0.717, 1.165) is 38.2 Å². The number of anilines is 1. The summed E-state index contributed by atoms with van der Waals surface area (Å²) in [6, 6.07) is 4.36. The quantitative estimate of drug-likeness (QED) is 0.896. The molecule has 0 radical (unpaired) electrons. The largest absolute Gasteiger partial charge is 0.379 e. The van der Waals surface area contributed by atoms with E-state index in [1.165, 1.54) is 5.56 Å². The molecule has 0 bridgehead atoms. The number of aromatic nitrogens is 1. The first-order valence-corrected chi connectivity index (χ1v) is 7.62. The van der Waals surface area contributed by atoms with Gasteiger partial charge in [-0.2, -0.15) is 0 Å². The maximum atomic E-state index is 6.11. The molecule has 4 heteroatoms. The standard InChI is InChI=1S/C16H27N3O/c1-4-14(17)10-13-6-5-8-18-16(13)19-9-7-12(2)15(11-19)20-3/h5-6,8,12,14-15H,4,7,9-11,17H2,1-3H3. The Morgan fingerprint density at radius 3 is 3.05 bits per heavy atom. The van der Waals surface area contributed by atoms with E-state index in [2.05, 4.69) is 29.8 Å². The fraction of sp³-hybridized carbons (Fsp3) is 0.688. The molecule has 112 valence electrons. The monoisotopic (exact) mass is 277 g/mol. The van der Waals surface area contributed by atoms with E-state index in [4.69, 9.17) is 10.5 Å². The molecule has 2 N–H and O–H groups in total. The van der Waals surface area contributed by atoms with Gasteiger partial charge in [0, 0.05) is 32.4 Å². The molecule has 1 aliphatic heterocycles. The number of methoxy groups -OCH3 is 1. The zero-order valence-corrected chi connectivity index (χ0v) is 12.9. The second-order valence-corrected chi connectivity index (χ2v) is 5.84. The molecule has 0 saturated carbocycles. The number of hydrogen-bond acceptors (Lipinski definition) is 4. The van der Waals surface area contributed by atoms with Gasteiger partial charge in [0.25, 0.3) is 0 Å². The van der Waals surface area contributed by atoms with Crippen molar-refractivity contribution < 1.29 is 4.74 Å². The fourth-order valence-electron chi connectivity index (χ4n) is 2.83. The summed E-state index contributed by atoms with van der Waals surface area (Å²) in [6.45, 7) is 6.36. The van der Waals surface area contributed by atoms with Crippen molar-refractivity contribution in [1.29, 1.82) is 0 Å². The van der Waals surface area contributed by atoms with Crippen LogP contribution in [0.3, 0.4) is 0 Å². The molecule has 4 nitrogen and oxygen atoms in total. The van der Waals surface area contributed by atoms with Crippen LogP contribution in [-0.4, -0.2) is 37.3 Å². The molecule has 0 spiro atoms. The van der Waals surface area contributed by atoms with E-state index >= 15 is 0 Å². The van der Waals surface area contributed by atoms with Gasteiger partial charge >= 0.3 is 0 Å². The Kier molecular flexibility index (Phi) is 5.38. The molecule has 0 aromatic carbocycles. The average molecular weight is 277 g/mol. The van der Waals surface area contributed by atoms with Crippen LogP contribution in [0.25, 0.3) is 0 Å². The van der Waals surface area contributed by atoms with Gasteiger partial charge < -0.3 is 15.4 Å². The third kappa shape index (κ3) is 3.49. The maximum Gasteiger partial charge on any atom is 0.131 e. The molecule has 0 aliphatic carbocycles. The summed E-state index contributed by atoms with van der Waals surface area (Å²) in [4.78, 5) is 6.95. The second kappa shape index (κ2) is 7.04. The van der Waals surface area contributed by atoms with Gasteiger partial charge in [-0.05, 0) is 36.8 Å². The van der Waals surface area contributed by atoms with Gasteiger partial charge in [0.05, 0.1) is 6.10 Å². The predicted octanol–water partition coefficient (Wildman–Crippen LogP) is 2.22. The summed E-state index contributed by atoms with van der Waals surface area (Å²) in [5, 5.41) is 0. The Bertz CT molecular complexity index is 424. The fourth-order valence-corrected chi connectivity index (χ4v) is 2.83. The van der Waals surface area contributed by atoms with Crippen LogP contribution in [0.2, 0.25) is 0 Å². The summed E-state index contributed by atoms with van der Waals surface area (Å²) in [5.74, 6) is 1.70. The third-order valence-electron chi connectivity index (χ3n) is 4.37. The van der Waals surface area contributed by atoms with Crippen molar-refractivity contribution in [2.24, 2.45) is 11.7 Å². The van der Waals surface area contributed by atoms with Crippen molar-refractivity contribution in [3.63, 3.8) is 0 Å². The van der Waals surface area contributed by atoms with Crippen LogP contribution in [0, 0.1) is 5.92 Å². The molecule has 1 aliphatic rings. The van der Waals surface area contributed by atoms with E-state index in [1.54, 1.807) is 7.11 Å². The molecular formula is C16H27N3O. The lowest BCUT2D eigenvalue weighted by Gasteiger charge is -2.37. The zero-order valence-electron chi connectivity index (χ0n) is 12.9. The van der Waals surface area contributed by atoms with Gasteiger partial charge in [0.15, 0.2) is 0 Å². The van der Waals surface area contributed by atoms with Crippen LogP contribution in [0.15, 0.2) is 18.3 Å². The molecule has 2 rings (SSSR count). The highest BCUT2D eigenvalue weighted by molar-refractivity contribution is 5.47. The molecular weight excluding hydrogens is 250 g/mol. The van der Waals surface area contributed by atoms with Crippen molar-refractivity contribution in [2.45, 2.75) is 45.3 Å². The normalized spacial score (nSPS) is 24.7. The number of ether oxygens (including phenoxy) is 1. The van der Waals surface area contributed by atoms with Crippen LogP contribution in [0.4, 0.5) is 5.82 Å². The Morgan fingerprint density at radius 1 is 1.55 bits per heavy atom. The van der Waals surface area contributed by atoms with Gasteiger partial charge in [-0.25, -0.2) is 4.98 Å². The van der Waals surface area contributed by atoms with Crippen molar-refractivity contribution in [3.8, 4) is 0 Å². The van der Waals surface area contributed by atoms with E-state index in [9.17, 15) is 0 Å². The summed E-state index contributed by atoms with van der Waals surface area (Å²) >= 11 is 0. The van der Waals surface area contributed by atoms with E-state index in [-0.39, 0.29) is 6.04 Å². The first-order valence-electron chi connectivity index (χ1n) is 7.62. The third-order valence-corrected chi connectivity index (χ3v) is 4.37. The Morgan fingerprint density at radius 2 is 2.35 bits per heavy atom. The minimum Gasteiger partial charge on any atom is -0.379 e. The summed E-state index contributed by atoms with van der Waals surface area (Å²) < 4.78 is 5.60. The number of hydrogen-bond donors (Lipinski definition) is 1. The number of nitrogens with zero attached hydrogens (tertiary/aromatic N) is 2. The van der Waals surface area contributed by atoms with Crippen LogP contribution < -0.4 is 10.6 Å². The van der Waals surface area contributed by atoms with Crippen LogP contribution in [0.5, 0.6) is 0 Å². The highest BCUT2D eigenvalue weighted by Crippen LogP contribution is 2.26. The Balaban J connectivity index is 2.15. The van der Waals surface area contributed by atoms with Crippen LogP contribution >= 0.6 is 0 Å². The van der Waals surface area contributed by atoms with Crippen molar-refractivity contribution in [1.82, 2.24) is 4.98 Å². The molecule has 0 amide bonds. The topological polar surface area (TPSA) is 51.4 Å². The smallest absolute Gasteiger partial charge is 0.131 e.